The largest absolute Gasteiger partial charge is 0.450 e. The van der Waals surface area contributed by atoms with Crippen LogP contribution in [0.25, 0.3) is 11.0 Å². The SMILES string of the molecule is CCc1nnc(N2C(=O)c3oc4ccccc4c(=O)c3C2c2cccc(Br)c2)s1. The highest BCUT2D eigenvalue weighted by atomic mass is 79.9. The van der Waals surface area contributed by atoms with E-state index in [-0.39, 0.29) is 17.1 Å². The second-order valence-corrected chi connectivity index (χ2v) is 8.59. The van der Waals surface area contributed by atoms with Gasteiger partial charge >= 0.3 is 0 Å². The summed E-state index contributed by atoms with van der Waals surface area (Å²) in [6.07, 6.45) is 0.718. The fraction of sp³-hybridized carbons (Fsp3) is 0.143. The molecule has 1 atom stereocenters. The molecule has 5 rings (SSSR count). The van der Waals surface area contributed by atoms with Crippen LogP contribution >= 0.6 is 27.3 Å². The lowest BCUT2D eigenvalue weighted by atomic mass is 9.99. The highest BCUT2D eigenvalue weighted by molar-refractivity contribution is 9.10. The van der Waals surface area contributed by atoms with Gasteiger partial charge in [0, 0.05) is 4.47 Å². The Labute approximate surface area is 177 Å². The van der Waals surface area contributed by atoms with E-state index in [2.05, 4.69) is 26.1 Å². The van der Waals surface area contributed by atoms with Crippen molar-refractivity contribution < 1.29 is 9.21 Å². The van der Waals surface area contributed by atoms with Crippen molar-refractivity contribution in [1.29, 1.82) is 0 Å². The van der Waals surface area contributed by atoms with E-state index in [1.165, 1.54) is 16.2 Å². The summed E-state index contributed by atoms with van der Waals surface area (Å²) in [5.74, 6) is -0.321. The number of hydrogen-bond donors (Lipinski definition) is 0. The first kappa shape index (κ1) is 18.2. The van der Waals surface area contributed by atoms with Gasteiger partial charge in [0.2, 0.25) is 10.9 Å². The second kappa shape index (κ2) is 6.89. The van der Waals surface area contributed by atoms with Crippen molar-refractivity contribution in [3.8, 4) is 0 Å². The number of aromatic nitrogens is 2. The van der Waals surface area contributed by atoms with Crippen molar-refractivity contribution in [2.45, 2.75) is 19.4 Å². The molecule has 1 unspecified atom stereocenters. The van der Waals surface area contributed by atoms with Crippen LogP contribution in [-0.4, -0.2) is 16.1 Å². The summed E-state index contributed by atoms with van der Waals surface area (Å²) in [7, 11) is 0. The van der Waals surface area contributed by atoms with Gasteiger partial charge in [0.1, 0.15) is 10.6 Å². The number of benzene rings is 2. The first-order chi connectivity index (χ1) is 14.1. The van der Waals surface area contributed by atoms with Crippen LogP contribution in [0.5, 0.6) is 0 Å². The third-order valence-corrected chi connectivity index (χ3v) is 6.47. The lowest BCUT2D eigenvalue weighted by molar-refractivity contribution is 0.0970. The molecule has 0 spiro atoms. The van der Waals surface area contributed by atoms with Gasteiger partial charge in [-0.05, 0) is 36.2 Å². The maximum Gasteiger partial charge on any atom is 0.297 e. The van der Waals surface area contributed by atoms with Crippen molar-refractivity contribution in [3.05, 3.63) is 85.1 Å². The molecule has 2 aromatic heterocycles. The van der Waals surface area contributed by atoms with E-state index in [4.69, 9.17) is 4.42 Å². The zero-order valence-corrected chi connectivity index (χ0v) is 17.7. The average Bonchev–Trinajstić information content (AvgIpc) is 3.31. The van der Waals surface area contributed by atoms with Crippen LogP contribution in [0.4, 0.5) is 5.13 Å². The van der Waals surface area contributed by atoms with E-state index < -0.39 is 6.04 Å². The number of fused-ring (bicyclic) bond motifs is 2. The van der Waals surface area contributed by atoms with Crippen molar-refractivity contribution in [1.82, 2.24) is 10.2 Å². The highest BCUT2D eigenvalue weighted by Gasteiger charge is 2.45. The molecule has 4 aromatic rings. The van der Waals surface area contributed by atoms with E-state index in [1.54, 1.807) is 24.3 Å². The third-order valence-electron chi connectivity index (χ3n) is 4.91. The monoisotopic (exact) mass is 467 g/mol. The minimum Gasteiger partial charge on any atom is -0.450 e. The molecule has 0 saturated heterocycles. The van der Waals surface area contributed by atoms with Gasteiger partial charge in [0.15, 0.2) is 5.43 Å². The number of carbonyl (C=O) groups is 1. The van der Waals surface area contributed by atoms with Gasteiger partial charge in [-0.25, -0.2) is 0 Å². The Morgan fingerprint density at radius 3 is 2.72 bits per heavy atom. The first-order valence-electron chi connectivity index (χ1n) is 9.05. The number of halogens is 1. The van der Waals surface area contributed by atoms with Crippen molar-refractivity contribution in [2.75, 3.05) is 4.90 Å². The molecule has 1 aliphatic heterocycles. The highest BCUT2D eigenvalue weighted by Crippen LogP contribution is 2.42. The van der Waals surface area contributed by atoms with Gasteiger partial charge in [-0.15, -0.1) is 10.2 Å². The van der Waals surface area contributed by atoms with Gasteiger partial charge in [-0.3, -0.25) is 14.5 Å². The summed E-state index contributed by atoms with van der Waals surface area (Å²) in [5, 5.41) is 10.1. The molecule has 6 nitrogen and oxygen atoms in total. The Hall–Kier alpha value is -2.84. The third kappa shape index (κ3) is 2.82. The molecular weight excluding hydrogens is 454 g/mol. The molecule has 0 saturated carbocycles. The van der Waals surface area contributed by atoms with Crippen LogP contribution in [0, 0.1) is 0 Å². The minimum atomic E-state index is -0.631. The molecule has 1 amide bonds. The number of hydrogen-bond acceptors (Lipinski definition) is 6. The molecule has 8 heteroatoms. The molecule has 1 aliphatic rings. The summed E-state index contributed by atoms with van der Waals surface area (Å²) < 4.78 is 6.77. The topological polar surface area (TPSA) is 76.3 Å². The van der Waals surface area contributed by atoms with Crippen molar-refractivity contribution >= 4 is 49.3 Å². The normalized spacial score (nSPS) is 15.9. The number of para-hydroxylation sites is 1. The maximum atomic E-state index is 13.4. The zero-order valence-electron chi connectivity index (χ0n) is 15.3. The predicted octanol–water partition coefficient (Wildman–Crippen LogP) is 4.72. The van der Waals surface area contributed by atoms with E-state index >= 15 is 0 Å². The smallest absolute Gasteiger partial charge is 0.297 e. The molecule has 0 bridgehead atoms. The van der Waals surface area contributed by atoms with E-state index in [9.17, 15) is 9.59 Å². The molecule has 2 aromatic carbocycles. The van der Waals surface area contributed by atoms with E-state index in [1.807, 2.05) is 31.2 Å². The molecule has 29 heavy (non-hydrogen) atoms. The van der Waals surface area contributed by atoms with Crippen LogP contribution in [-0.2, 0) is 6.42 Å². The van der Waals surface area contributed by atoms with Gasteiger partial charge < -0.3 is 4.42 Å². The lowest BCUT2D eigenvalue weighted by Gasteiger charge is -2.22. The fourth-order valence-corrected chi connectivity index (χ4v) is 4.82. The van der Waals surface area contributed by atoms with E-state index in [0.29, 0.717) is 21.7 Å². The number of amides is 1. The Morgan fingerprint density at radius 1 is 1.14 bits per heavy atom. The molecule has 0 aliphatic carbocycles. The number of rotatable bonds is 3. The van der Waals surface area contributed by atoms with Crippen LogP contribution in [0.3, 0.4) is 0 Å². The van der Waals surface area contributed by atoms with Crippen molar-refractivity contribution in [3.63, 3.8) is 0 Å². The molecule has 144 valence electrons. The Morgan fingerprint density at radius 2 is 1.97 bits per heavy atom. The number of anilines is 1. The average molecular weight is 468 g/mol. The summed E-state index contributed by atoms with van der Waals surface area (Å²) >= 11 is 4.83. The second-order valence-electron chi connectivity index (χ2n) is 6.63. The lowest BCUT2D eigenvalue weighted by Crippen LogP contribution is -2.29. The zero-order chi connectivity index (χ0) is 20.1. The Kier molecular flexibility index (Phi) is 4.33. The number of nitrogens with zero attached hydrogens (tertiary/aromatic N) is 3. The minimum absolute atomic E-state index is 0.0620. The van der Waals surface area contributed by atoms with E-state index in [0.717, 1.165) is 21.5 Å². The Balaban J connectivity index is 1.81. The quantitative estimate of drug-likeness (QED) is 0.435. The summed E-state index contributed by atoms with van der Waals surface area (Å²) in [6, 6.07) is 13.9. The molecule has 0 radical (unpaired) electrons. The number of carbonyl (C=O) groups excluding carboxylic acids is 1. The van der Waals surface area contributed by atoms with Crippen LogP contribution in [0.15, 0.2) is 62.2 Å². The van der Waals surface area contributed by atoms with Gasteiger partial charge in [-0.2, -0.15) is 0 Å². The van der Waals surface area contributed by atoms with Gasteiger partial charge in [0.25, 0.3) is 5.91 Å². The summed E-state index contributed by atoms with van der Waals surface area (Å²) in [5.41, 5.74) is 1.32. The molecule has 0 fully saturated rings. The standard InChI is InChI=1S/C21H14BrN3O3S/c1-2-15-23-24-21(29-15)25-17(11-6-5-7-12(22)10-11)16-18(26)13-8-3-4-9-14(13)28-19(16)20(25)27/h3-10,17H,2H2,1H3. The summed E-state index contributed by atoms with van der Waals surface area (Å²) in [6.45, 7) is 1.98. The van der Waals surface area contributed by atoms with Crippen LogP contribution in [0.2, 0.25) is 0 Å². The molecule has 0 N–H and O–H groups in total. The summed E-state index contributed by atoms with van der Waals surface area (Å²) in [4.78, 5) is 28.3. The molecule has 3 heterocycles. The van der Waals surface area contributed by atoms with Crippen LogP contribution in [0.1, 0.15) is 39.7 Å². The Bertz CT molecular complexity index is 1330. The maximum absolute atomic E-state index is 13.4. The molecular formula is C21H14BrN3O3S. The van der Waals surface area contributed by atoms with Gasteiger partial charge in [-0.1, -0.05) is 58.5 Å². The predicted molar refractivity (Wildman–Crippen MR) is 115 cm³/mol. The fourth-order valence-electron chi connectivity index (χ4n) is 3.59. The number of aryl methyl sites for hydroxylation is 1. The van der Waals surface area contributed by atoms with Crippen molar-refractivity contribution in [2.24, 2.45) is 0 Å². The first-order valence-corrected chi connectivity index (χ1v) is 10.7. The van der Waals surface area contributed by atoms with Crippen LogP contribution < -0.4 is 10.3 Å². The van der Waals surface area contributed by atoms with Gasteiger partial charge in [0.05, 0.1) is 17.0 Å².